The van der Waals surface area contributed by atoms with Gasteiger partial charge in [0.05, 0.1) is 18.7 Å². The van der Waals surface area contributed by atoms with Crippen LogP contribution in [0.15, 0.2) is 18.2 Å². The number of rotatable bonds is 5. The van der Waals surface area contributed by atoms with E-state index in [-0.39, 0.29) is 11.9 Å². The van der Waals surface area contributed by atoms with Gasteiger partial charge in [0.15, 0.2) is 0 Å². The van der Waals surface area contributed by atoms with Crippen molar-refractivity contribution in [3.63, 3.8) is 0 Å². The normalized spacial score (nSPS) is 18.4. The van der Waals surface area contributed by atoms with Gasteiger partial charge in [-0.3, -0.25) is 4.79 Å². The quantitative estimate of drug-likeness (QED) is 0.900. The second kappa shape index (κ2) is 7.09. The molecule has 0 bridgehead atoms. The molecule has 0 spiro atoms. The Hall–Kier alpha value is -2.06. The first-order valence-electron chi connectivity index (χ1n) is 7.34. The molecule has 2 rings (SSSR count). The first kappa shape index (κ1) is 15.3. The molecule has 112 valence electrons. The van der Waals surface area contributed by atoms with Gasteiger partial charge in [-0.25, -0.2) is 0 Å². The highest BCUT2D eigenvalue weighted by Gasteiger charge is 2.32. The van der Waals surface area contributed by atoms with E-state index in [1.54, 1.807) is 30.2 Å². The monoisotopic (exact) mass is 287 g/mol. The van der Waals surface area contributed by atoms with Gasteiger partial charge in [-0.1, -0.05) is 13.0 Å². The fourth-order valence-electron chi connectivity index (χ4n) is 2.66. The molecule has 0 aliphatic carbocycles. The molecule has 1 heterocycles. The Kier molecular flexibility index (Phi) is 5.18. The molecule has 5 heteroatoms. The molecule has 1 aliphatic rings. The molecule has 5 nitrogen and oxygen atoms in total. The SMILES string of the molecule is CCCNC1CCCN(c2c(C#N)cccc2OC)C1=O. The van der Waals surface area contributed by atoms with Crippen LogP contribution < -0.4 is 15.0 Å². The van der Waals surface area contributed by atoms with Crippen LogP contribution in [0.5, 0.6) is 5.75 Å². The number of hydrogen-bond donors (Lipinski definition) is 1. The van der Waals surface area contributed by atoms with Crippen LogP contribution in [-0.4, -0.2) is 32.1 Å². The summed E-state index contributed by atoms with van der Waals surface area (Å²) in [6.07, 6.45) is 2.74. The number of anilines is 1. The lowest BCUT2D eigenvalue weighted by atomic mass is 10.0. The van der Waals surface area contributed by atoms with E-state index in [1.807, 2.05) is 0 Å². The maximum absolute atomic E-state index is 12.7. The third-order valence-electron chi connectivity index (χ3n) is 3.69. The van der Waals surface area contributed by atoms with Crippen molar-refractivity contribution in [2.75, 3.05) is 25.1 Å². The summed E-state index contributed by atoms with van der Waals surface area (Å²) in [6, 6.07) is 7.25. The van der Waals surface area contributed by atoms with Crippen LogP contribution in [0.2, 0.25) is 0 Å². The minimum atomic E-state index is -0.171. The van der Waals surface area contributed by atoms with Crippen LogP contribution in [0.3, 0.4) is 0 Å². The summed E-state index contributed by atoms with van der Waals surface area (Å²) >= 11 is 0. The molecule has 1 aliphatic heterocycles. The van der Waals surface area contributed by atoms with Crippen LogP contribution in [0, 0.1) is 11.3 Å². The number of methoxy groups -OCH3 is 1. The van der Waals surface area contributed by atoms with E-state index in [0.717, 1.165) is 25.8 Å². The highest BCUT2D eigenvalue weighted by atomic mass is 16.5. The van der Waals surface area contributed by atoms with Crippen LogP contribution in [0.25, 0.3) is 0 Å². The van der Waals surface area contributed by atoms with Gasteiger partial charge in [0.25, 0.3) is 0 Å². The number of piperidine rings is 1. The Morgan fingerprint density at radius 2 is 2.33 bits per heavy atom. The molecule has 1 aromatic rings. The lowest BCUT2D eigenvalue weighted by Gasteiger charge is -2.34. The molecule has 1 fully saturated rings. The molecule has 1 aromatic carbocycles. The van der Waals surface area contributed by atoms with Crippen molar-refractivity contribution in [1.29, 1.82) is 5.26 Å². The first-order chi connectivity index (χ1) is 10.2. The fourth-order valence-corrected chi connectivity index (χ4v) is 2.66. The van der Waals surface area contributed by atoms with Gasteiger partial charge in [0.2, 0.25) is 5.91 Å². The summed E-state index contributed by atoms with van der Waals surface area (Å²) in [4.78, 5) is 14.4. The van der Waals surface area contributed by atoms with E-state index in [4.69, 9.17) is 4.74 Å². The van der Waals surface area contributed by atoms with E-state index in [9.17, 15) is 10.1 Å². The Labute approximate surface area is 125 Å². The lowest BCUT2D eigenvalue weighted by Crippen LogP contribution is -2.51. The number of carbonyl (C=O) groups excluding carboxylic acids is 1. The smallest absolute Gasteiger partial charge is 0.244 e. The summed E-state index contributed by atoms with van der Waals surface area (Å²) in [5.74, 6) is 0.592. The van der Waals surface area contributed by atoms with Crippen molar-refractivity contribution in [3.05, 3.63) is 23.8 Å². The number of nitriles is 1. The van der Waals surface area contributed by atoms with E-state index in [1.165, 1.54) is 0 Å². The molecular weight excluding hydrogens is 266 g/mol. The Morgan fingerprint density at radius 1 is 1.52 bits per heavy atom. The summed E-state index contributed by atoms with van der Waals surface area (Å²) in [6.45, 7) is 3.52. The number of hydrogen-bond acceptors (Lipinski definition) is 4. The van der Waals surface area contributed by atoms with Gasteiger partial charge < -0.3 is 15.0 Å². The topological polar surface area (TPSA) is 65.4 Å². The van der Waals surface area contributed by atoms with Gasteiger partial charge >= 0.3 is 0 Å². The maximum atomic E-state index is 12.7. The number of benzene rings is 1. The molecule has 0 saturated carbocycles. The molecule has 1 atom stereocenters. The van der Waals surface area contributed by atoms with Crippen molar-refractivity contribution >= 4 is 11.6 Å². The third-order valence-corrected chi connectivity index (χ3v) is 3.69. The highest BCUT2D eigenvalue weighted by molar-refractivity contribution is 6.00. The minimum Gasteiger partial charge on any atom is -0.495 e. The zero-order chi connectivity index (χ0) is 15.2. The summed E-state index contributed by atoms with van der Waals surface area (Å²) < 4.78 is 5.34. The number of amides is 1. The van der Waals surface area contributed by atoms with Crippen molar-refractivity contribution in [2.24, 2.45) is 0 Å². The zero-order valence-corrected chi connectivity index (χ0v) is 12.6. The van der Waals surface area contributed by atoms with E-state index in [2.05, 4.69) is 18.3 Å². The minimum absolute atomic E-state index is 0.0238. The third kappa shape index (κ3) is 3.17. The predicted molar refractivity (Wildman–Crippen MR) is 81.4 cm³/mol. The van der Waals surface area contributed by atoms with Crippen molar-refractivity contribution in [1.82, 2.24) is 5.32 Å². The number of nitrogens with zero attached hydrogens (tertiary/aromatic N) is 2. The molecule has 1 saturated heterocycles. The van der Waals surface area contributed by atoms with E-state index < -0.39 is 0 Å². The van der Waals surface area contributed by atoms with Gasteiger partial charge in [-0.05, 0) is 37.9 Å². The van der Waals surface area contributed by atoms with Crippen LogP contribution >= 0.6 is 0 Å². The van der Waals surface area contributed by atoms with Gasteiger partial charge in [0.1, 0.15) is 17.5 Å². The number of ether oxygens (including phenoxy) is 1. The predicted octanol–water partition coefficient (Wildman–Crippen LogP) is 2.06. The van der Waals surface area contributed by atoms with Gasteiger partial charge in [0, 0.05) is 6.54 Å². The molecule has 1 amide bonds. The second-order valence-corrected chi connectivity index (χ2v) is 5.11. The average Bonchev–Trinajstić information content (AvgIpc) is 2.53. The van der Waals surface area contributed by atoms with Crippen LogP contribution in [0.1, 0.15) is 31.7 Å². The van der Waals surface area contributed by atoms with E-state index in [0.29, 0.717) is 23.5 Å². The summed E-state index contributed by atoms with van der Waals surface area (Å²) in [7, 11) is 1.56. The fraction of sp³-hybridized carbons (Fsp3) is 0.500. The van der Waals surface area contributed by atoms with Crippen molar-refractivity contribution in [3.8, 4) is 11.8 Å². The van der Waals surface area contributed by atoms with Crippen molar-refractivity contribution < 1.29 is 9.53 Å². The molecule has 21 heavy (non-hydrogen) atoms. The van der Waals surface area contributed by atoms with Gasteiger partial charge in [-0.2, -0.15) is 5.26 Å². The van der Waals surface area contributed by atoms with Crippen LogP contribution in [0.4, 0.5) is 5.69 Å². The Morgan fingerprint density at radius 3 is 3.00 bits per heavy atom. The highest BCUT2D eigenvalue weighted by Crippen LogP contribution is 2.34. The average molecular weight is 287 g/mol. The van der Waals surface area contributed by atoms with Crippen molar-refractivity contribution in [2.45, 2.75) is 32.2 Å². The standard InChI is InChI=1S/C16H21N3O2/c1-3-9-18-13-7-5-10-19(16(13)20)15-12(11-17)6-4-8-14(15)21-2/h4,6,8,13,18H,3,5,7,9-10H2,1-2H3. The Balaban J connectivity index is 2.33. The Bertz CT molecular complexity index is 551. The molecule has 1 N–H and O–H groups in total. The summed E-state index contributed by atoms with van der Waals surface area (Å²) in [5, 5.41) is 12.6. The maximum Gasteiger partial charge on any atom is 0.244 e. The molecular formula is C16H21N3O2. The zero-order valence-electron chi connectivity index (χ0n) is 12.6. The lowest BCUT2D eigenvalue weighted by molar-refractivity contribution is -0.121. The van der Waals surface area contributed by atoms with E-state index >= 15 is 0 Å². The molecule has 0 radical (unpaired) electrons. The molecule has 1 unspecified atom stereocenters. The number of para-hydroxylation sites is 1. The molecule has 0 aromatic heterocycles. The largest absolute Gasteiger partial charge is 0.495 e. The van der Waals surface area contributed by atoms with Crippen LogP contribution in [-0.2, 0) is 4.79 Å². The second-order valence-electron chi connectivity index (χ2n) is 5.11. The first-order valence-corrected chi connectivity index (χ1v) is 7.34. The number of nitrogens with one attached hydrogen (secondary N) is 1. The number of carbonyl (C=O) groups is 1. The summed E-state index contributed by atoms with van der Waals surface area (Å²) in [5.41, 5.74) is 1.06. The van der Waals surface area contributed by atoms with Gasteiger partial charge in [-0.15, -0.1) is 0 Å².